The van der Waals surface area contributed by atoms with Crippen LogP contribution >= 0.6 is 0 Å². The maximum absolute atomic E-state index is 14.0. The van der Waals surface area contributed by atoms with Crippen molar-refractivity contribution in [3.8, 4) is 11.5 Å². The number of hydrogen-bond donors (Lipinski definition) is 0. The van der Waals surface area contributed by atoms with E-state index in [2.05, 4.69) is 10.1 Å². The van der Waals surface area contributed by atoms with Gasteiger partial charge in [-0.05, 0) is 30.7 Å². The fourth-order valence-electron chi connectivity index (χ4n) is 3.11. The standard InChI is InChI=1S/C19H16FN3O2/c1-12-6-2-3-7-14(12)19-21-18(22-25-19)13-10-17(24)23(11-13)16-9-5-4-8-15(16)20/h2-9,13H,10-11H2,1H3. The number of anilines is 1. The molecule has 1 aliphatic heterocycles. The van der Waals surface area contributed by atoms with E-state index in [1.165, 1.54) is 11.0 Å². The Bertz CT molecular complexity index is 938. The molecule has 1 unspecified atom stereocenters. The van der Waals surface area contributed by atoms with Gasteiger partial charge in [-0.15, -0.1) is 0 Å². The minimum atomic E-state index is -0.412. The lowest BCUT2D eigenvalue weighted by Crippen LogP contribution is -2.25. The summed E-state index contributed by atoms with van der Waals surface area (Å²) < 4.78 is 19.3. The number of benzene rings is 2. The van der Waals surface area contributed by atoms with Crippen LogP contribution in [0.15, 0.2) is 53.1 Å². The van der Waals surface area contributed by atoms with Crippen LogP contribution in [-0.2, 0) is 4.79 Å². The van der Waals surface area contributed by atoms with Gasteiger partial charge in [0.05, 0.1) is 5.69 Å². The van der Waals surface area contributed by atoms with Gasteiger partial charge in [-0.1, -0.05) is 35.5 Å². The molecular weight excluding hydrogens is 321 g/mol. The van der Waals surface area contributed by atoms with Crippen molar-refractivity contribution < 1.29 is 13.7 Å². The number of aromatic nitrogens is 2. The van der Waals surface area contributed by atoms with Gasteiger partial charge in [0, 0.05) is 24.4 Å². The second kappa shape index (κ2) is 6.12. The lowest BCUT2D eigenvalue weighted by Gasteiger charge is -2.16. The third kappa shape index (κ3) is 2.80. The van der Waals surface area contributed by atoms with Crippen LogP contribution < -0.4 is 4.90 Å². The van der Waals surface area contributed by atoms with E-state index in [-0.39, 0.29) is 23.9 Å². The van der Waals surface area contributed by atoms with E-state index < -0.39 is 5.82 Å². The van der Waals surface area contributed by atoms with Gasteiger partial charge in [-0.25, -0.2) is 4.39 Å². The first-order chi connectivity index (χ1) is 12.1. The average molecular weight is 337 g/mol. The topological polar surface area (TPSA) is 59.2 Å². The average Bonchev–Trinajstić information content (AvgIpc) is 3.23. The lowest BCUT2D eigenvalue weighted by atomic mass is 10.1. The van der Waals surface area contributed by atoms with Crippen molar-refractivity contribution in [1.29, 1.82) is 0 Å². The zero-order chi connectivity index (χ0) is 17.4. The van der Waals surface area contributed by atoms with Gasteiger partial charge >= 0.3 is 0 Å². The van der Waals surface area contributed by atoms with Crippen molar-refractivity contribution in [3.05, 3.63) is 65.7 Å². The minimum absolute atomic E-state index is 0.141. The molecule has 4 rings (SSSR count). The number of amides is 1. The Morgan fingerprint density at radius 3 is 2.72 bits per heavy atom. The summed E-state index contributed by atoms with van der Waals surface area (Å²) in [6, 6.07) is 14.0. The van der Waals surface area contributed by atoms with Crippen LogP contribution in [-0.4, -0.2) is 22.6 Å². The largest absolute Gasteiger partial charge is 0.334 e. The molecule has 0 bridgehead atoms. The van der Waals surface area contributed by atoms with E-state index in [0.717, 1.165) is 11.1 Å². The van der Waals surface area contributed by atoms with Crippen molar-refractivity contribution in [3.63, 3.8) is 0 Å². The van der Waals surface area contributed by atoms with E-state index >= 15 is 0 Å². The van der Waals surface area contributed by atoms with Crippen LogP contribution in [0.1, 0.15) is 23.7 Å². The smallest absolute Gasteiger partial charge is 0.258 e. The van der Waals surface area contributed by atoms with Crippen molar-refractivity contribution in [2.75, 3.05) is 11.4 Å². The predicted molar refractivity (Wildman–Crippen MR) is 90.6 cm³/mol. The Morgan fingerprint density at radius 1 is 1.16 bits per heavy atom. The van der Waals surface area contributed by atoms with Crippen LogP contribution in [0.25, 0.3) is 11.5 Å². The molecule has 1 fully saturated rings. The van der Waals surface area contributed by atoms with Crippen LogP contribution in [0.2, 0.25) is 0 Å². The maximum atomic E-state index is 14.0. The molecule has 0 N–H and O–H groups in total. The molecule has 6 heteroatoms. The number of nitrogens with zero attached hydrogens (tertiary/aromatic N) is 3. The fraction of sp³-hybridized carbons (Fsp3) is 0.211. The number of hydrogen-bond acceptors (Lipinski definition) is 4. The van der Waals surface area contributed by atoms with Gasteiger partial charge in [-0.2, -0.15) is 4.98 Å². The highest BCUT2D eigenvalue weighted by molar-refractivity contribution is 5.96. The van der Waals surface area contributed by atoms with Crippen molar-refractivity contribution in [2.24, 2.45) is 0 Å². The van der Waals surface area contributed by atoms with Gasteiger partial charge in [0.1, 0.15) is 5.82 Å². The van der Waals surface area contributed by atoms with E-state index in [9.17, 15) is 9.18 Å². The number of rotatable bonds is 3. The van der Waals surface area contributed by atoms with Crippen LogP contribution in [0, 0.1) is 12.7 Å². The van der Waals surface area contributed by atoms with Crippen LogP contribution in [0.5, 0.6) is 0 Å². The van der Waals surface area contributed by atoms with Crippen LogP contribution in [0.3, 0.4) is 0 Å². The number of aryl methyl sites for hydroxylation is 1. The Labute approximate surface area is 144 Å². The Hall–Kier alpha value is -3.02. The maximum Gasteiger partial charge on any atom is 0.258 e. The molecule has 1 aromatic heterocycles. The van der Waals surface area contributed by atoms with Crippen LogP contribution in [0.4, 0.5) is 10.1 Å². The van der Waals surface area contributed by atoms with Gasteiger partial charge < -0.3 is 9.42 Å². The Balaban J connectivity index is 1.59. The molecule has 126 valence electrons. The molecule has 0 spiro atoms. The monoisotopic (exact) mass is 337 g/mol. The quantitative estimate of drug-likeness (QED) is 0.731. The molecule has 5 nitrogen and oxygen atoms in total. The predicted octanol–water partition coefficient (Wildman–Crippen LogP) is 3.70. The molecule has 1 amide bonds. The molecule has 2 aromatic carbocycles. The molecule has 3 aromatic rings. The molecule has 1 atom stereocenters. The number of halogens is 1. The molecule has 0 aliphatic carbocycles. The first-order valence-electron chi connectivity index (χ1n) is 8.08. The molecule has 1 aliphatic rings. The van der Waals surface area contributed by atoms with E-state index in [1.807, 2.05) is 31.2 Å². The highest BCUT2D eigenvalue weighted by atomic mass is 19.1. The SMILES string of the molecule is Cc1ccccc1-c1nc(C2CC(=O)N(c3ccccc3F)C2)no1. The zero-order valence-electron chi connectivity index (χ0n) is 13.6. The molecule has 0 saturated carbocycles. The van der Waals surface area contributed by atoms with Gasteiger partial charge in [0.2, 0.25) is 5.91 Å². The summed E-state index contributed by atoms with van der Waals surface area (Å²) in [7, 11) is 0. The molecule has 0 radical (unpaired) electrons. The van der Waals surface area contributed by atoms with E-state index in [4.69, 9.17) is 4.52 Å². The minimum Gasteiger partial charge on any atom is -0.334 e. The summed E-state index contributed by atoms with van der Waals surface area (Å²) >= 11 is 0. The first kappa shape index (κ1) is 15.5. The highest BCUT2D eigenvalue weighted by Crippen LogP contribution is 2.33. The molecule has 25 heavy (non-hydrogen) atoms. The Kier molecular flexibility index (Phi) is 3.80. The highest BCUT2D eigenvalue weighted by Gasteiger charge is 2.35. The lowest BCUT2D eigenvalue weighted by molar-refractivity contribution is -0.117. The van der Waals surface area contributed by atoms with Crippen molar-refractivity contribution in [2.45, 2.75) is 19.3 Å². The summed E-state index contributed by atoms with van der Waals surface area (Å²) in [5, 5.41) is 4.04. The van der Waals surface area contributed by atoms with Crippen molar-refractivity contribution in [1.82, 2.24) is 10.1 Å². The number of carbonyl (C=O) groups excluding carboxylic acids is 1. The third-order valence-electron chi connectivity index (χ3n) is 4.45. The summed E-state index contributed by atoms with van der Waals surface area (Å²) in [5.74, 6) is 0.145. The van der Waals surface area contributed by atoms with Gasteiger partial charge in [-0.3, -0.25) is 4.79 Å². The van der Waals surface area contributed by atoms with Crippen molar-refractivity contribution >= 4 is 11.6 Å². The molecule has 2 heterocycles. The van der Waals surface area contributed by atoms with E-state index in [1.54, 1.807) is 18.2 Å². The Morgan fingerprint density at radius 2 is 1.92 bits per heavy atom. The normalized spacial score (nSPS) is 17.3. The molecular formula is C19H16FN3O2. The van der Waals surface area contributed by atoms with Gasteiger partial charge in [0.15, 0.2) is 5.82 Å². The fourth-order valence-corrected chi connectivity index (χ4v) is 3.11. The number of carbonyl (C=O) groups is 1. The summed E-state index contributed by atoms with van der Waals surface area (Å²) in [5.41, 5.74) is 2.20. The third-order valence-corrected chi connectivity index (χ3v) is 4.45. The summed E-state index contributed by atoms with van der Waals surface area (Å²) in [6.07, 6.45) is 0.237. The summed E-state index contributed by atoms with van der Waals surface area (Å²) in [4.78, 5) is 18.2. The molecule has 1 saturated heterocycles. The second-order valence-corrected chi connectivity index (χ2v) is 6.13. The second-order valence-electron chi connectivity index (χ2n) is 6.13. The zero-order valence-corrected chi connectivity index (χ0v) is 13.6. The number of para-hydroxylation sites is 1. The van der Waals surface area contributed by atoms with E-state index in [0.29, 0.717) is 18.3 Å². The first-order valence-corrected chi connectivity index (χ1v) is 8.08. The summed E-state index contributed by atoms with van der Waals surface area (Å²) in [6.45, 7) is 2.31. The van der Waals surface area contributed by atoms with Gasteiger partial charge in [0.25, 0.3) is 5.89 Å².